The van der Waals surface area contributed by atoms with Gasteiger partial charge in [0.05, 0.1) is 11.4 Å². The van der Waals surface area contributed by atoms with Crippen molar-refractivity contribution >= 4 is 23.7 Å². The van der Waals surface area contributed by atoms with Gasteiger partial charge in [-0.15, -0.1) is 11.8 Å². The van der Waals surface area contributed by atoms with Crippen LogP contribution < -0.4 is 10.6 Å². The molecule has 3 N–H and O–H groups in total. The highest BCUT2D eigenvalue weighted by atomic mass is 32.2. The van der Waals surface area contributed by atoms with Crippen LogP contribution in [0.3, 0.4) is 0 Å². The predicted molar refractivity (Wildman–Crippen MR) is 80.5 cm³/mol. The molecule has 0 saturated heterocycles. The van der Waals surface area contributed by atoms with E-state index in [1.807, 2.05) is 30.3 Å². The summed E-state index contributed by atoms with van der Waals surface area (Å²) in [7, 11) is 0. The van der Waals surface area contributed by atoms with Gasteiger partial charge in [-0.2, -0.15) is 0 Å². The fraction of sp³-hybridized carbons (Fsp3) is 0.429. The number of rotatable bonds is 6. The zero-order chi connectivity index (χ0) is 15.0. The molecule has 5 nitrogen and oxygen atoms in total. The van der Waals surface area contributed by atoms with Gasteiger partial charge in [0.2, 0.25) is 5.91 Å². The predicted octanol–water partition coefficient (Wildman–Crippen LogP) is 1.69. The molecule has 3 amide bonds. The molecule has 2 atom stereocenters. The van der Waals surface area contributed by atoms with E-state index in [4.69, 9.17) is 0 Å². The van der Waals surface area contributed by atoms with Crippen LogP contribution in [0.15, 0.2) is 30.3 Å². The second kappa shape index (κ2) is 8.60. The molecule has 0 heterocycles. The summed E-state index contributed by atoms with van der Waals surface area (Å²) in [4.78, 5) is 22.9. The van der Waals surface area contributed by atoms with Crippen LogP contribution in [0.25, 0.3) is 0 Å². The lowest BCUT2D eigenvalue weighted by molar-refractivity contribution is -0.119. The number of hydrogen-bond acceptors (Lipinski definition) is 4. The number of urea groups is 1. The van der Waals surface area contributed by atoms with Gasteiger partial charge in [0.1, 0.15) is 0 Å². The molecule has 0 aliphatic carbocycles. The number of aliphatic hydroxyl groups excluding tert-OH is 1. The Kier molecular flexibility index (Phi) is 7.11. The van der Waals surface area contributed by atoms with Crippen LogP contribution in [0.5, 0.6) is 0 Å². The Labute approximate surface area is 123 Å². The lowest BCUT2D eigenvalue weighted by Crippen LogP contribution is -2.42. The monoisotopic (exact) mass is 296 g/mol. The molecule has 0 bridgehead atoms. The number of aliphatic hydroxyl groups is 1. The first-order valence-corrected chi connectivity index (χ1v) is 7.52. The molecular formula is C14H20N2O3S. The van der Waals surface area contributed by atoms with E-state index in [-0.39, 0.29) is 5.91 Å². The maximum Gasteiger partial charge on any atom is 0.321 e. The van der Waals surface area contributed by atoms with Crippen molar-refractivity contribution in [1.29, 1.82) is 0 Å². The van der Waals surface area contributed by atoms with E-state index in [0.717, 1.165) is 5.56 Å². The molecule has 0 fully saturated rings. The molecule has 0 spiro atoms. The van der Waals surface area contributed by atoms with E-state index in [9.17, 15) is 14.7 Å². The topological polar surface area (TPSA) is 78.4 Å². The highest BCUT2D eigenvalue weighted by Crippen LogP contribution is 2.21. The number of nitrogens with one attached hydrogen (secondary N) is 2. The number of benzene rings is 1. The summed E-state index contributed by atoms with van der Waals surface area (Å²) in [6.07, 6.45) is -0.624. The molecule has 0 unspecified atom stereocenters. The minimum Gasteiger partial charge on any atom is -0.388 e. The van der Waals surface area contributed by atoms with Crippen LogP contribution in [0, 0.1) is 0 Å². The van der Waals surface area contributed by atoms with Crippen molar-refractivity contribution in [2.75, 3.05) is 12.3 Å². The van der Waals surface area contributed by atoms with Gasteiger partial charge in [-0.3, -0.25) is 10.1 Å². The average Bonchev–Trinajstić information content (AvgIpc) is 2.45. The van der Waals surface area contributed by atoms with Crippen LogP contribution in [-0.4, -0.2) is 34.6 Å². The second-order valence-corrected chi connectivity index (χ2v) is 5.62. The zero-order valence-electron chi connectivity index (χ0n) is 11.6. The van der Waals surface area contributed by atoms with Gasteiger partial charge in [-0.25, -0.2) is 4.79 Å². The Morgan fingerprint density at radius 1 is 1.30 bits per heavy atom. The molecule has 0 radical (unpaired) electrons. The van der Waals surface area contributed by atoms with E-state index in [1.54, 1.807) is 13.8 Å². The largest absolute Gasteiger partial charge is 0.388 e. The molecule has 1 rings (SSSR count). The molecule has 1 aromatic carbocycles. The fourth-order valence-corrected chi connectivity index (χ4v) is 2.37. The van der Waals surface area contributed by atoms with Crippen molar-refractivity contribution in [3.63, 3.8) is 0 Å². The fourth-order valence-electron chi connectivity index (χ4n) is 1.50. The molecule has 6 heteroatoms. The average molecular weight is 296 g/mol. The van der Waals surface area contributed by atoms with Gasteiger partial charge >= 0.3 is 6.03 Å². The summed E-state index contributed by atoms with van der Waals surface area (Å²) in [5.74, 6) is 0.0368. The molecule has 1 aromatic rings. The zero-order valence-corrected chi connectivity index (χ0v) is 12.4. The third kappa shape index (κ3) is 5.63. The SMILES string of the molecule is CCNC(=O)NC(=O)[C@@H](C)SC[C@H](O)c1ccccc1. The van der Waals surface area contributed by atoms with Crippen molar-refractivity contribution in [3.8, 4) is 0 Å². The van der Waals surface area contributed by atoms with Gasteiger partial charge in [-0.05, 0) is 19.4 Å². The number of thioether (sulfide) groups is 1. The molecule has 0 saturated carbocycles. The van der Waals surface area contributed by atoms with Gasteiger partial charge < -0.3 is 10.4 Å². The molecule has 0 aliphatic heterocycles. The maximum absolute atomic E-state index is 11.7. The Bertz CT molecular complexity index is 439. The third-order valence-electron chi connectivity index (χ3n) is 2.63. The minimum atomic E-state index is -0.624. The highest BCUT2D eigenvalue weighted by Gasteiger charge is 2.18. The normalized spacial score (nSPS) is 13.3. The number of imide groups is 1. The number of amides is 3. The van der Waals surface area contributed by atoms with Crippen molar-refractivity contribution < 1.29 is 14.7 Å². The smallest absolute Gasteiger partial charge is 0.321 e. The molecular weight excluding hydrogens is 276 g/mol. The van der Waals surface area contributed by atoms with Gasteiger partial charge in [0.15, 0.2) is 0 Å². The Morgan fingerprint density at radius 3 is 2.55 bits per heavy atom. The summed E-state index contributed by atoms with van der Waals surface area (Å²) >= 11 is 1.31. The van der Waals surface area contributed by atoms with Crippen LogP contribution >= 0.6 is 11.8 Å². The van der Waals surface area contributed by atoms with Crippen molar-refractivity contribution in [2.45, 2.75) is 25.2 Å². The Hall–Kier alpha value is -1.53. The van der Waals surface area contributed by atoms with Gasteiger partial charge in [0.25, 0.3) is 0 Å². The molecule has 20 heavy (non-hydrogen) atoms. The van der Waals surface area contributed by atoms with Crippen LogP contribution in [0.4, 0.5) is 4.79 Å². The standard InChI is InChI=1S/C14H20N2O3S/c1-3-15-14(19)16-13(18)10(2)20-9-12(17)11-7-5-4-6-8-11/h4-8,10,12,17H,3,9H2,1-2H3,(H2,15,16,18,19)/t10-,12+/m1/s1. The van der Waals surface area contributed by atoms with E-state index >= 15 is 0 Å². The van der Waals surface area contributed by atoms with Crippen molar-refractivity contribution in [2.24, 2.45) is 0 Å². The van der Waals surface area contributed by atoms with E-state index in [0.29, 0.717) is 12.3 Å². The van der Waals surface area contributed by atoms with Gasteiger partial charge in [0, 0.05) is 12.3 Å². The van der Waals surface area contributed by atoms with Crippen LogP contribution in [0.1, 0.15) is 25.5 Å². The summed E-state index contributed by atoms with van der Waals surface area (Å²) < 4.78 is 0. The highest BCUT2D eigenvalue weighted by molar-refractivity contribution is 8.00. The molecule has 110 valence electrons. The van der Waals surface area contributed by atoms with E-state index < -0.39 is 17.4 Å². The first-order chi connectivity index (χ1) is 9.54. The van der Waals surface area contributed by atoms with E-state index in [2.05, 4.69) is 10.6 Å². The Morgan fingerprint density at radius 2 is 1.95 bits per heavy atom. The van der Waals surface area contributed by atoms with E-state index in [1.165, 1.54) is 11.8 Å². The molecule has 0 aromatic heterocycles. The number of hydrogen-bond donors (Lipinski definition) is 3. The van der Waals surface area contributed by atoms with Gasteiger partial charge in [-0.1, -0.05) is 30.3 Å². The summed E-state index contributed by atoms with van der Waals surface area (Å²) in [5, 5.41) is 14.3. The van der Waals surface area contributed by atoms with Crippen LogP contribution in [0.2, 0.25) is 0 Å². The van der Waals surface area contributed by atoms with Crippen molar-refractivity contribution in [1.82, 2.24) is 10.6 Å². The third-order valence-corrected chi connectivity index (χ3v) is 3.85. The minimum absolute atomic E-state index is 0.360. The lowest BCUT2D eigenvalue weighted by atomic mass is 10.1. The quantitative estimate of drug-likeness (QED) is 0.746. The summed E-state index contributed by atoms with van der Waals surface area (Å²) in [6.45, 7) is 3.95. The maximum atomic E-state index is 11.7. The Balaban J connectivity index is 2.37. The first kappa shape index (κ1) is 16.5. The second-order valence-electron chi connectivity index (χ2n) is 4.25. The van der Waals surface area contributed by atoms with Crippen molar-refractivity contribution in [3.05, 3.63) is 35.9 Å². The summed E-state index contributed by atoms with van der Waals surface area (Å²) in [5.41, 5.74) is 0.816. The summed E-state index contributed by atoms with van der Waals surface area (Å²) in [6, 6.07) is 8.78. The lowest BCUT2D eigenvalue weighted by Gasteiger charge is -2.14. The molecule has 0 aliphatic rings. The number of carbonyl (C=O) groups excluding carboxylic acids is 2. The van der Waals surface area contributed by atoms with Crippen LogP contribution in [-0.2, 0) is 4.79 Å². The first-order valence-electron chi connectivity index (χ1n) is 6.48. The number of carbonyl (C=O) groups is 2.